The van der Waals surface area contributed by atoms with Crippen molar-refractivity contribution in [1.82, 2.24) is 10.0 Å². The number of ether oxygens (including phenoxy) is 1. The topological polar surface area (TPSA) is 94.0 Å². The van der Waals surface area contributed by atoms with Gasteiger partial charge in [-0.1, -0.05) is 29.8 Å². The van der Waals surface area contributed by atoms with Gasteiger partial charge in [-0.05, 0) is 60.7 Å². The van der Waals surface area contributed by atoms with Crippen LogP contribution in [0.2, 0.25) is 10.0 Å². The number of amidine groups is 1. The first kappa shape index (κ1) is 23.4. The number of nitrogens with one attached hydrogen (secondary N) is 2. The lowest BCUT2D eigenvalue weighted by atomic mass is 10.2. The number of aromatic nitrogens is 1. The number of nitrogens with zero attached hydrogens (tertiary/aromatic N) is 2. The number of carbonyl (C=O) groups excluding carboxylic acids is 1. The Morgan fingerprint density at radius 1 is 1.21 bits per heavy atom. The molecular formula is C24H20Cl2N4O4. The maximum absolute atomic E-state index is 13.3. The Morgan fingerprint density at radius 3 is 2.62 bits per heavy atom. The van der Waals surface area contributed by atoms with Crippen molar-refractivity contribution in [2.24, 2.45) is 4.99 Å². The predicted octanol–water partition coefficient (Wildman–Crippen LogP) is 2.57. The number of aryl methyl sites for hydroxylation is 1. The van der Waals surface area contributed by atoms with Crippen molar-refractivity contribution in [2.45, 2.75) is 13.5 Å². The number of hydroxylamine groups is 1. The minimum atomic E-state index is -0.453. The van der Waals surface area contributed by atoms with Crippen LogP contribution in [0.5, 0.6) is 5.75 Å². The SMILES string of the molecule is C=c1cc(C)n(CC(=O)Nc2ccc(OC)c(Cl)c2)c(=O)c1=C1N=C(c2ccc(Cl)cc2)NO1. The van der Waals surface area contributed by atoms with Crippen LogP contribution >= 0.6 is 23.2 Å². The quantitative estimate of drug-likeness (QED) is 0.563. The highest BCUT2D eigenvalue weighted by molar-refractivity contribution is 6.32. The molecule has 3 aromatic rings. The number of halogens is 2. The maximum Gasteiger partial charge on any atom is 0.264 e. The van der Waals surface area contributed by atoms with Crippen molar-refractivity contribution < 1.29 is 14.4 Å². The summed E-state index contributed by atoms with van der Waals surface area (Å²) in [5.74, 6) is 0.570. The molecule has 2 N–H and O–H groups in total. The molecule has 0 saturated carbocycles. The molecule has 1 aliphatic heterocycles. The molecule has 0 saturated heterocycles. The summed E-state index contributed by atoms with van der Waals surface area (Å²) < 4.78 is 6.44. The minimum absolute atomic E-state index is 0.0658. The van der Waals surface area contributed by atoms with E-state index in [0.717, 1.165) is 5.56 Å². The number of hydrogen-bond acceptors (Lipinski definition) is 6. The van der Waals surface area contributed by atoms with Crippen LogP contribution in [-0.2, 0) is 16.2 Å². The van der Waals surface area contributed by atoms with Crippen molar-refractivity contribution >= 4 is 53.1 Å². The molecular weight excluding hydrogens is 479 g/mol. The predicted molar refractivity (Wildman–Crippen MR) is 132 cm³/mol. The molecule has 0 spiro atoms. The Morgan fingerprint density at radius 2 is 1.94 bits per heavy atom. The molecule has 0 aliphatic carbocycles. The monoisotopic (exact) mass is 498 g/mol. The van der Waals surface area contributed by atoms with Gasteiger partial charge in [-0.25, -0.2) is 5.48 Å². The molecule has 1 aromatic heterocycles. The molecule has 34 heavy (non-hydrogen) atoms. The van der Waals surface area contributed by atoms with Crippen LogP contribution < -0.4 is 31.5 Å². The number of hydrogen-bond donors (Lipinski definition) is 2. The van der Waals surface area contributed by atoms with Crippen molar-refractivity contribution in [3.05, 3.63) is 90.6 Å². The first-order valence-electron chi connectivity index (χ1n) is 10.1. The Hall–Kier alpha value is -3.75. The van der Waals surface area contributed by atoms with Gasteiger partial charge in [-0.15, -0.1) is 0 Å². The van der Waals surface area contributed by atoms with E-state index in [4.69, 9.17) is 32.8 Å². The number of benzene rings is 2. The van der Waals surface area contributed by atoms with E-state index in [-0.39, 0.29) is 17.6 Å². The Bertz CT molecular complexity index is 1480. The number of anilines is 1. The van der Waals surface area contributed by atoms with E-state index in [9.17, 15) is 9.59 Å². The van der Waals surface area contributed by atoms with Crippen LogP contribution in [0.25, 0.3) is 12.5 Å². The Labute approximate surface area is 204 Å². The van der Waals surface area contributed by atoms with Gasteiger partial charge in [0.25, 0.3) is 11.4 Å². The second-order valence-corrected chi connectivity index (χ2v) is 8.29. The van der Waals surface area contributed by atoms with E-state index in [1.54, 1.807) is 55.5 Å². The molecule has 10 heteroatoms. The summed E-state index contributed by atoms with van der Waals surface area (Å²) >= 11 is 12.1. The highest BCUT2D eigenvalue weighted by Crippen LogP contribution is 2.27. The summed E-state index contributed by atoms with van der Waals surface area (Å²) in [5, 5.41) is 4.26. The van der Waals surface area contributed by atoms with Crippen LogP contribution in [-0.4, -0.2) is 23.4 Å². The van der Waals surface area contributed by atoms with E-state index in [1.165, 1.54) is 11.7 Å². The third-order valence-electron chi connectivity index (χ3n) is 5.12. The number of methoxy groups -OCH3 is 1. The third-order valence-corrected chi connectivity index (χ3v) is 5.66. The molecule has 0 radical (unpaired) electrons. The second-order valence-electron chi connectivity index (χ2n) is 7.45. The minimum Gasteiger partial charge on any atom is -0.495 e. The zero-order chi connectivity index (χ0) is 24.4. The summed E-state index contributed by atoms with van der Waals surface area (Å²) in [4.78, 5) is 35.9. The first-order valence-corrected chi connectivity index (χ1v) is 10.9. The first-order chi connectivity index (χ1) is 16.3. The van der Waals surface area contributed by atoms with Crippen molar-refractivity contribution in [2.75, 3.05) is 12.4 Å². The van der Waals surface area contributed by atoms with Crippen LogP contribution in [0.3, 0.4) is 0 Å². The normalized spacial score (nSPS) is 14.2. The Balaban J connectivity index is 1.66. The largest absolute Gasteiger partial charge is 0.495 e. The fourth-order valence-corrected chi connectivity index (χ4v) is 3.81. The lowest BCUT2D eigenvalue weighted by Crippen LogP contribution is -2.47. The highest BCUT2D eigenvalue weighted by atomic mass is 35.5. The molecule has 0 fully saturated rings. The third kappa shape index (κ3) is 4.78. The van der Waals surface area contributed by atoms with E-state index in [2.05, 4.69) is 22.4 Å². The fraction of sp³-hybridized carbons (Fsp3) is 0.125. The Kier molecular flexibility index (Phi) is 6.63. The average Bonchev–Trinajstić information content (AvgIpc) is 3.27. The molecule has 1 amide bonds. The zero-order valence-electron chi connectivity index (χ0n) is 18.3. The number of carbonyl (C=O) groups is 1. The molecule has 0 atom stereocenters. The number of aliphatic imine (C=N–C) groups is 1. The molecule has 0 unspecified atom stereocenters. The van der Waals surface area contributed by atoms with E-state index < -0.39 is 11.5 Å². The van der Waals surface area contributed by atoms with Crippen LogP contribution in [0, 0.1) is 6.92 Å². The van der Waals surface area contributed by atoms with Gasteiger partial charge in [0.05, 0.1) is 12.1 Å². The van der Waals surface area contributed by atoms with Gasteiger partial charge in [-0.3, -0.25) is 9.59 Å². The summed E-state index contributed by atoms with van der Waals surface area (Å²) in [7, 11) is 1.50. The maximum atomic E-state index is 13.3. The standard InChI is InChI=1S/C24H20Cl2N4O4/c1-13-10-14(2)30(12-20(31)27-17-8-9-19(33-3)18(26)11-17)24(32)21(13)23-28-22(29-34-23)15-4-6-16(25)7-5-15/h4-11H,1,12H2,2-3H3,(H,27,31)(H,28,29). The number of amides is 1. The molecule has 2 aromatic carbocycles. The van der Waals surface area contributed by atoms with E-state index >= 15 is 0 Å². The van der Waals surface area contributed by atoms with Gasteiger partial charge in [0.1, 0.15) is 17.5 Å². The smallest absolute Gasteiger partial charge is 0.264 e. The van der Waals surface area contributed by atoms with Gasteiger partial charge in [0.2, 0.25) is 5.91 Å². The molecule has 4 rings (SSSR count). The van der Waals surface area contributed by atoms with Crippen LogP contribution in [0.15, 0.2) is 58.3 Å². The van der Waals surface area contributed by atoms with Crippen LogP contribution in [0.4, 0.5) is 5.69 Å². The summed E-state index contributed by atoms with van der Waals surface area (Å²) in [6.45, 7) is 5.45. The number of pyridine rings is 1. The molecule has 0 bridgehead atoms. The highest BCUT2D eigenvalue weighted by Gasteiger charge is 2.18. The van der Waals surface area contributed by atoms with E-state index in [1.807, 2.05) is 0 Å². The summed E-state index contributed by atoms with van der Waals surface area (Å²) in [6.07, 6.45) is 0. The van der Waals surface area contributed by atoms with E-state index in [0.29, 0.717) is 38.2 Å². The van der Waals surface area contributed by atoms with Gasteiger partial charge in [0, 0.05) is 22.0 Å². The van der Waals surface area contributed by atoms with Crippen molar-refractivity contribution in [3.8, 4) is 5.75 Å². The summed E-state index contributed by atoms with van der Waals surface area (Å²) in [5.41, 5.74) is 4.03. The van der Waals surface area contributed by atoms with Gasteiger partial charge >= 0.3 is 0 Å². The molecule has 2 heterocycles. The zero-order valence-corrected chi connectivity index (χ0v) is 19.8. The molecule has 174 valence electrons. The molecule has 1 aliphatic rings. The van der Waals surface area contributed by atoms with Crippen molar-refractivity contribution in [3.63, 3.8) is 0 Å². The lowest BCUT2D eigenvalue weighted by Gasteiger charge is -2.12. The van der Waals surface area contributed by atoms with Gasteiger partial charge in [-0.2, -0.15) is 4.99 Å². The van der Waals surface area contributed by atoms with Gasteiger partial charge in [0.15, 0.2) is 5.84 Å². The van der Waals surface area contributed by atoms with Crippen LogP contribution in [0.1, 0.15) is 11.3 Å². The number of rotatable bonds is 5. The molecule has 8 nitrogen and oxygen atoms in total. The van der Waals surface area contributed by atoms with Gasteiger partial charge < -0.3 is 19.5 Å². The average molecular weight is 499 g/mol. The van der Waals surface area contributed by atoms with Crippen molar-refractivity contribution in [1.29, 1.82) is 0 Å². The lowest BCUT2D eigenvalue weighted by molar-refractivity contribution is -0.116. The summed E-state index contributed by atoms with van der Waals surface area (Å²) in [6, 6.07) is 13.5. The fourth-order valence-electron chi connectivity index (χ4n) is 3.43. The second kappa shape index (κ2) is 9.62.